The maximum absolute atomic E-state index is 14.3. The first kappa shape index (κ1) is 49.6. The summed E-state index contributed by atoms with van der Waals surface area (Å²) in [7, 11) is 0. The Hall–Kier alpha value is -6.04. The fourth-order valence-electron chi connectivity index (χ4n) is 7.42. The molecule has 18 nitrogen and oxygen atoms in total. The minimum atomic E-state index is -1.66. The molecule has 2 aromatic rings. The summed E-state index contributed by atoms with van der Waals surface area (Å²) in [5.41, 5.74) is 1.21. The van der Waals surface area contributed by atoms with E-state index in [2.05, 4.69) is 31.9 Å². The lowest BCUT2D eigenvalue weighted by molar-refractivity contribution is -0.147. The van der Waals surface area contributed by atoms with Crippen molar-refractivity contribution in [3.63, 3.8) is 0 Å². The van der Waals surface area contributed by atoms with Gasteiger partial charge in [0.25, 0.3) is 0 Å². The topological polar surface area (TPSA) is 262 Å². The molecule has 2 saturated heterocycles. The Morgan fingerprint density at radius 1 is 0.825 bits per heavy atom. The normalized spacial score (nSPS) is 22.9. The molecular formula is C45H63N7O11. The van der Waals surface area contributed by atoms with Gasteiger partial charge in [-0.3, -0.25) is 38.4 Å². The van der Waals surface area contributed by atoms with E-state index in [0.29, 0.717) is 29.9 Å². The van der Waals surface area contributed by atoms with E-state index in [9.17, 15) is 48.6 Å². The van der Waals surface area contributed by atoms with Gasteiger partial charge in [0.05, 0.1) is 6.10 Å². The van der Waals surface area contributed by atoms with Gasteiger partial charge in [0.2, 0.25) is 41.4 Å². The van der Waals surface area contributed by atoms with E-state index in [1.165, 1.54) is 24.0 Å². The van der Waals surface area contributed by atoms with Gasteiger partial charge in [-0.05, 0) is 67.7 Å². The molecule has 7 atom stereocenters. The molecule has 18 heteroatoms. The van der Waals surface area contributed by atoms with Crippen LogP contribution in [0.4, 0.5) is 0 Å². The molecule has 0 radical (unpaired) electrons. The zero-order valence-corrected chi connectivity index (χ0v) is 36.7. The zero-order valence-electron chi connectivity index (χ0n) is 36.7. The average molecular weight is 878 g/mol. The summed E-state index contributed by atoms with van der Waals surface area (Å²) in [6, 6.07) is 6.81. The fraction of sp³-hybridized carbons (Fsp3) is 0.556. The summed E-state index contributed by atoms with van der Waals surface area (Å²) >= 11 is 0. The molecular weight excluding hydrogens is 815 g/mol. The SMILES string of the molecule is CC(C)CCCC(=O)N[C@@H](Cc1ccc(O)cc1)C(=O)N[C@@H]1COC(=O)CNC(=O)[C@@H]([C@H](C)O)NC(=O)[C@@H]2CCCN2C(=O)[C@@H](CC(C)C)NC(=O)[C@H](Cc2ccccc2)NC1=O. The number of cyclic esters (lactones) is 1. The highest BCUT2D eigenvalue weighted by molar-refractivity contribution is 5.98. The number of benzene rings is 2. The van der Waals surface area contributed by atoms with E-state index in [4.69, 9.17) is 4.74 Å². The highest BCUT2D eigenvalue weighted by Gasteiger charge is 2.41. The lowest BCUT2D eigenvalue weighted by Gasteiger charge is -2.31. The summed E-state index contributed by atoms with van der Waals surface area (Å²) in [5.74, 6) is -5.95. The van der Waals surface area contributed by atoms with E-state index in [1.807, 2.05) is 27.7 Å². The van der Waals surface area contributed by atoms with Crippen LogP contribution in [0.5, 0.6) is 5.75 Å². The molecule has 2 aliphatic rings. The van der Waals surface area contributed by atoms with Crippen molar-refractivity contribution < 1.29 is 53.3 Å². The predicted molar refractivity (Wildman–Crippen MR) is 230 cm³/mol. The minimum Gasteiger partial charge on any atom is -0.508 e. The monoisotopic (exact) mass is 877 g/mol. The number of aliphatic hydroxyl groups excluding tert-OH is 1. The Morgan fingerprint density at radius 3 is 2.16 bits per heavy atom. The second-order valence-corrected chi connectivity index (χ2v) is 17.1. The molecule has 8 N–H and O–H groups in total. The zero-order chi connectivity index (χ0) is 46.2. The molecule has 7 amide bonds. The number of fused-ring (bicyclic) bond motifs is 1. The Bertz CT molecular complexity index is 1910. The molecule has 0 saturated carbocycles. The number of aliphatic hydroxyl groups is 1. The highest BCUT2D eigenvalue weighted by Crippen LogP contribution is 2.21. The second kappa shape index (κ2) is 24.0. The number of aromatic hydroxyl groups is 1. The van der Waals surface area contributed by atoms with Crippen molar-refractivity contribution in [3.05, 3.63) is 65.7 Å². The van der Waals surface area contributed by atoms with Gasteiger partial charge in [-0.15, -0.1) is 0 Å². The summed E-state index contributed by atoms with van der Waals surface area (Å²) in [6.45, 7) is 7.65. The van der Waals surface area contributed by atoms with E-state index < -0.39 is 103 Å². The van der Waals surface area contributed by atoms with Crippen molar-refractivity contribution >= 4 is 47.3 Å². The van der Waals surface area contributed by atoms with Gasteiger partial charge in [-0.25, -0.2) is 0 Å². The number of rotatable bonds is 14. The van der Waals surface area contributed by atoms with Gasteiger partial charge in [0.1, 0.15) is 55.2 Å². The van der Waals surface area contributed by atoms with Crippen LogP contribution in [0.25, 0.3) is 0 Å². The number of ether oxygens (including phenoxy) is 1. The third-order valence-corrected chi connectivity index (χ3v) is 10.8. The largest absolute Gasteiger partial charge is 0.508 e. The van der Waals surface area contributed by atoms with E-state index in [-0.39, 0.29) is 50.3 Å². The molecule has 4 rings (SSSR count). The number of hydrogen-bond acceptors (Lipinski definition) is 11. The second-order valence-electron chi connectivity index (χ2n) is 17.1. The number of phenolic OH excluding ortho intramolecular Hbond substituents is 1. The van der Waals surface area contributed by atoms with Crippen LogP contribution < -0.4 is 31.9 Å². The standard InChI is InChI=1S/C45H63N7O11/c1-26(2)11-9-15-37(55)47-32(23-30-16-18-31(54)19-17-30)40(57)50-35-25-63-38(56)24-46-44(61)39(28(5)53)51-43(60)36-14-10-20-52(36)45(62)34(21-27(3)4)49-41(58)33(48-42(35)59)22-29-12-7-6-8-13-29/h6-8,12-13,16-19,26-28,32-36,39,53-54H,9-11,14-15,20-25H2,1-5H3,(H,46,61)(H,47,55)(H,48,59)(H,49,58)(H,50,57)(H,51,60)/t28-,32-,33-,34+,35+,36-,39+/m0/s1. The number of carbonyl (C=O) groups excluding carboxylic acids is 8. The number of nitrogens with one attached hydrogen (secondary N) is 6. The van der Waals surface area contributed by atoms with Crippen LogP contribution in [0.15, 0.2) is 54.6 Å². The molecule has 63 heavy (non-hydrogen) atoms. The maximum Gasteiger partial charge on any atom is 0.325 e. The lowest BCUT2D eigenvalue weighted by atomic mass is 10.00. The smallest absolute Gasteiger partial charge is 0.325 e. The van der Waals surface area contributed by atoms with Crippen molar-refractivity contribution in [1.82, 2.24) is 36.8 Å². The first-order chi connectivity index (χ1) is 29.9. The number of hydrogen-bond donors (Lipinski definition) is 8. The molecule has 2 aromatic carbocycles. The number of esters is 1. The summed E-state index contributed by atoms with van der Waals surface area (Å²) in [6.07, 6.45) is 0.787. The van der Waals surface area contributed by atoms with Crippen molar-refractivity contribution in [3.8, 4) is 5.75 Å². The van der Waals surface area contributed by atoms with Crippen LogP contribution in [0, 0.1) is 11.8 Å². The summed E-state index contributed by atoms with van der Waals surface area (Å²) in [4.78, 5) is 111. The molecule has 2 fully saturated rings. The van der Waals surface area contributed by atoms with Crippen LogP contribution >= 0.6 is 0 Å². The van der Waals surface area contributed by atoms with Crippen molar-refractivity contribution in [2.24, 2.45) is 11.8 Å². The summed E-state index contributed by atoms with van der Waals surface area (Å²) < 4.78 is 5.39. The molecule has 0 aliphatic carbocycles. The van der Waals surface area contributed by atoms with Crippen LogP contribution in [0.1, 0.15) is 84.3 Å². The van der Waals surface area contributed by atoms with E-state index in [0.717, 1.165) is 6.42 Å². The van der Waals surface area contributed by atoms with Crippen molar-refractivity contribution in [1.29, 1.82) is 0 Å². The third kappa shape index (κ3) is 15.7. The van der Waals surface area contributed by atoms with E-state index >= 15 is 0 Å². The summed E-state index contributed by atoms with van der Waals surface area (Å²) in [5, 5.41) is 36.0. The van der Waals surface area contributed by atoms with Crippen LogP contribution in [0.3, 0.4) is 0 Å². The molecule has 0 bridgehead atoms. The molecule has 2 heterocycles. The number of amides is 7. The maximum atomic E-state index is 14.3. The van der Waals surface area contributed by atoms with Gasteiger partial charge >= 0.3 is 5.97 Å². The van der Waals surface area contributed by atoms with Crippen molar-refractivity contribution in [2.75, 3.05) is 19.7 Å². The Labute approximate surface area is 368 Å². The number of nitrogens with zero attached hydrogens (tertiary/aromatic N) is 1. The van der Waals surface area contributed by atoms with Gasteiger partial charge in [-0.2, -0.15) is 0 Å². The van der Waals surface area contributed by atoms with Crippen LogP contribution in [0.2, 0.25) is 0 Å². The van der Waals surface area contributed by atoms with Gasteiger partial charge in [0, 0.05) is 25.8 Å². The van der Waals surface area contributed by atoms with Crippen LogP contribution in [-0.2, 0) is 55.9 Å². The Morgan fingerprint density at radius 2 is 1.51 bits per heavy atom. The van der Waals surface area contributed by atoms with Gasteiger partial charge in [-0.1, -0.05) is 76.6 Å². The quantitative estimate of drug-likeness (QED) is 0.121. The predicted octanol–water partition coefficient (Wildman–Crippen LogP) is 0.519. The number of carbonyl (C=O) groups is 8. The number of phenols is 1. The molecule has 2 aliphatic heterocycles. The van der Waals surface area contributed by atoms with Gasteiger partial charge in [0.15, 0.2) is 0 Å². The van der Waals surface area contributed by atoms with E-state index in [1.54, 1.807) is 42.5 Å². The Kier molecular flexibility index (Phi) is 18.9. The third-order valence-electron chi connectivity index (χ3n) is 10.8. The molecule has 344 valence electrons. The van der Waals surface area contributed by atoms with Crippen molar-refractivity contribution in [2.45, 2.75) is 128 Å². The fourth-order valence-corrected chi connectivity index (χ4v) is 7.42. The average Bonchev–Trinajstić information content (AvgIpc) is 3.73. The van der Waals surface area contributed by atoms with Crippen LogP contribution in [-0.4, -0.2) is 124 Å². The lowest BCUT2D eigenvalue weighted by Crippen LogP contribution is -2.61. The minimum absolute atomic E-state index is 0.0136. The first-order valence-corrected chi connectivity index (χ1v) is 21.7. The van der Waals surface area contributed by atoms with Gasteiger partial charge < -0.3 is 51.8 Å². The molecule has 0 aromatic heterocycles. The molecule has 0 unspecified atom stereocenters. The first-order valence-electron chi connectivity index (χ1n) is 21.7. The Balaban J connectivity index is 1.71. The molecule has 0 spiro atoms. The highest BCUT2D eigenvalue weighted by atomic mass is 16.5.